The number of aromatic nitrogens is 3. The number of anilines is 1. The lowest BCUT2D eigenvalue weighted by Gasteiger charge is -2.11. The molecule has 2 N–H and O–H groups in total. The highest BCUT2D eigenvalue weighted by Crippen LogP contribution is 2.30. The highest BCUT2D eigenvalue weighted by molar-refractivity contribution is 6.30. The summed E-state index contributed by atoms with van der Waals surface area (Å²) in [6.45, 7) is 6.04. The van der Waals surface area contributed by atoms with Gasteiger partial charge in [-0.15, -0.1) is 4.98 Å². The van der Waals surface area contributed by atoms with Crippen LogP contribution in [0.2, 0.25) is 5.02 Å². The second kappa shape index (κ2) is 5.92. The second-order valence-corrected chi connectivity index (χ2v) is 4.60. The third kappa shape index (κ3) is 3.27. The molecule has 0 aliphatic heterocycles. The van der Waals surface area contributed by atoms with Gasteiger partial charge in [0.1, 0.15) is 5.75 Å². The molecule has 0 radical (unpaired) electrons. The molecule has 2 aromatic rings. The van der Waals surface area contributed by atoms with E-state index in [1.807, 2.05) is 20.8 Å². The van der Waals surface area contributed by atoms with E-state index in [4.69, 9.17) is 26.8 Å². The van der Waals surface area contributed by atoms with Gasteiger partial charge >= 0.3 is 12.0 Å². The number of ether oxygens (including phenoxy) is 2. The minimum absolute atomic E-state index is 0.0442. The van der Waals surface area contributed by atoms with E-state index in [1.165, 1.54) is 0 Å². The molecule has 106 valence electrons. The lowest BCUT2D eigenvalue weighted by Crippen LogP contribution is -2.05. The standard InChI is InChI=1S/C13H15ClN4O2/c1-4-19-12-16-11(15)17-13(18-12)20-10-7(2)5-9(14)6-8(10)3/h5-6H,4H2,1-3H3,(H2,15,16,17,18). The molecule has 0 amide bonds. The Hall–Kier alpha value is -2.08. The zero-order chi connectivity index (χ0) is 14.7. The monoisotopic (exact) mass is 294 g/mol. The number of nitrogens with two attached hydrogens (primary N) is 1. The maximum atomic E-state index is 5.98. The van der Waals surface area contributed by atoms with Gasteiger partial charge in [0.05, 0.1) is 6.61 Å². The van der Waals surface area contributed by atoms with Crippen LogP contribution in [0, 0.1) is 13.8 Å². The van der Waals surface area contributed by atoms with E-state index < -0.39 is 0 Å². The normalized spacial score (nSPS) is 10.4. The smallest absolute Gasteiger partial charge is 0.330 e. The summed E-state index contributed by atoms with van der Waals surface area (Å²) in [4.78, 5) is 11.8. The van der Waals surface area contributed by atoms with Crippen molar-refractivity contribution < 1.29 is 9.47 Å². The molecule has 0 aliphatic carbocycles. The fraction of sp³-hybridized carbons (Fsp3) is 0.308. The summed E-state index contributed by atoms with van der Waals surface area (Å²) in [5.74, 6) is 0.685. The van der Waals surface area contributed by atoms with Gasteiger partial charge < -0.3 is 15.2 Å². The minimum atomic E-state index is 0.0442. The van der Waals surface area contributed by atoms with Crippen LogP contribution in [0.5, 0.6) is 17.8 Å². The molecule has 0 spiro atoms. The Morgan fingerprint density at radius 2 is 1.70 bits per heavy atom. The molecule has 7 heteroatoms. The van der Waals surface area contributed by atoms with Crippen molar-refractivity contribution in [2.75, 3.05) is 12.3 Å². The van der Waals surface area contributed by atoms with Gasteiger partial charge in [0.25, 0.3) is 0 Å². The van der Waals surface area contributed by atoms with Crippen molar-refractivity contribution in [1.82, 2.24) is 15.0 Å². The third-order valence-electron chi connectivity index (χ3n) is 2.50. The number of aryl methyl sites for hydroxylation is 2. The summed E-state index contributed by atoms with van der Waals surface area (Å²) in [6.07, 6.45) is 0. The predicted molar refractivity (Wildman–Crippen MR) is 76.4 cm³/mol. The van der Waals surface area contributed by atoms with Crippen LogP contribution in [-0.2, 0) is 0 Å². The van der Waals surface area contributed by atoms with E-state index in [2.05, 4.69) is 15.0 Å². The van der Waals surface area contributed by atoms with Gasteiger partial charge in [-0.05, 0) is 44.0 Å². The number of halogens is 1. The summed E-state index contributed by atoms with van der Waals surface area (Å²) in [6, 6.07) is 3.84. The second-order valence-electron chi connectivity index (χ2n) is 4.16. The van der Waals surface area contributed by atoms with E-state index in [1.54, 1.807) is 12.1 Å². The molecule has 2 rings (SSSR count). The Balaban J connectivity index is 2.35. The first kappa shape index (κ1) is 14.3. The maximum Gasteiger partial charge on any atom is 0.330 e. The number of benzene rings is 1. The van der Waals surface area contributed by atoms with Gasteiger partial charge in [-0.25, -0.2) is 0 Å². The lowest BCUT2D eigenvalue weighted by molar-refractivity contribution is 0.303. The van der Waals surface area contributed by atoms with Gasteiger partial charge in [-0.2, -0.15) is 9.97 Å². The molecule has 1 aromatic carbocycles. The Morgan fingerprint density at radius 1 is 1.10 bits per heavy atom. The van der Waals surface area contributed by atoms with Crippen LogP contribution in [0.25, 0.3) is 0 Å². The van der Waals surface area contributed by atoms with Gasteiger partial charge in [-0.1, -0.05) is 11.6 Å². The molecule has 0 aliphatic rings. The first-order valence-electron chi connectivity index (χ1n) is 6.08. The SMILES string of the molecule is CCOc1nc(N)nc(Oc2c(C)cc(Cl)cc2C)n1. The van der Waals surface area contributed by atoms with Crippen molar-refractivity contribution in [2.24, 2.45) is 0 Å². The molecule has 0 unspecified atom stereocenters. The molecule has 0 fully saturated rings. The maximum absolute atomic E-state index is 5.98. The molecule has 1 aromatic heterocycles. The van der Waals surface area contributed by atoms with Crippen molar-refractivity contribution >= 4 is 17.5 Å². The van der Waals surface area contributed by atoms with E-state index in [0.717, 1.165) is 11.1 Å². The largest absolute Gasteiger partial charge is 0.464 e. The van der Waals surface area contributed by atoms with Crippen LogP contribution in [0.3, 0.4) is 0 Å². The van der Waals surface area contributed by atoms with Crippen molar-refractivity contribution in [3.05, 3.63) is 28.3 Å². The van der Waals surface area contributed by atoms with Crippen LogP contribution >= 0.6 is 11.6 Å². The number of hydrogen-bond donors (Lipinski definition) is 1. The zero-order valence-corrected chi connectivity index (χ0v) is 12.2. The topological polar surface area (TPSA) is 83.2 Å². The lowest BCUT2D eigenvalue weighted by atomic mass is 10.1. The van der Waals surface area contributed by atoms with E-state index >= 15 is 0 Å². The number of rotatable bonds is 4. The van der Waals surface area contributed by atoms with Crippen LogP contribution in [0.1, 0.15) is 18.1 Å². The third-order valence-corrected chi connectivity index (χ3v) is 2.72. The highest BCUT2D eigenvalue weighted by Gasteiger charge is 2.11. The molecule has 1 heterocycles. The molecule has 0 bridgehead atoms. The van der Waals surface area contributed by atoms with Crippen molar-refractivity contribution in [2.45, 2.75) is 20.8 Å². The van der Waals surface area contributed by atoms with Gasteiger partial charge in [0.15, 0.2) is 0 Å². The van der Waals surface area contributed by atoms with E-state index in [0.29, 0.717) is 17.4 Å². The fourth-order valence-electron chi connectivity index (χ4n) is 1.74. The predicted octanol–water partition coefficient (Wildman–Crippen LogP) is 2.92. The first-order valence-corrected chi connectivity index (χ1v) is 6.46. The molecular formula is C13H15ClN4O2. The molecule has 0 saturated carbocycles. The summed E-state index contributed by atoms with van der Waals surface area (Å²) in [5, 5.41) is 0.650. The summed E-state index contributed by atoms with van der Waals surface area (Å²) < 4.78 is 10.9. The Kier molecular flexibility index (Phi) is 4.24. The summed E-state index contributed by atoms with van der Waals surface area (Å²) in [5.41, 5.74) is 7.36. The van der Waals surface area contributed by atoms with Crippen molar-refractivity contribution in [3.8, 4) is 17.8 Å². The van der Waals surface area contributed by atoms with Gasteiger partial charge in [0.2, 0.25) is 5.95 Å². The molecule has 20 heavy (non-hydrogen) atoms. The molecule has 0 atom stereocenters. The average molecular weight is 295 g/mol. The Bertz CT molecular complexity index is 611. The molecular weight excluding hydrogens is 280 g/mol. The van der Waals surface area contributed by atoms with E-state index in [-0.39, 0.29) is 18.0 Å². The van der Waals surface area contributed by atoms with Crippen LogP contribution in [0.4, 0.5) is 5.95 Å². The Morgan fingerprint density at radius 3 is 2.30 bits per heavy atom. The molecule has 6 nitrogen and oxygen atoms in total. The average Bonchev–Trinajstić information content (AvgIpc) is 2.33. The van der Waals surface area contributed by atoms with Gasteiger partial charge in [-0.3, -0.25) is 0 Å². The van der Waals surface area contributed by atoms with Crippen LogP contribution in [-0.4, -0.2) is 21.6 Å². The number of nitrogens with zero attached hydrogens (tertiary/aromatic N) is 3. The number of nitrogen functional groups attached to an aromatic ring is 1. The highest BCUT2D eigenvalue weighted by atomic mass is 35.5. The van der Waals surface area contributed by atoms with Crippen LogP contribution in [0.15, 0.2) is 12.1 Å². The summed E-state index contributed by atoms with van der Waals surface area (Å²) >= 11 is 5.98. The fourth-order valence-corrected chi connectivity index (χ4v) is 2.07. The van der Waals surface area contributed by atoms with Gasteiger partial charge in [0, 0.05) is 5.02 Å². The Labute approximate surface area is 121 Å². The van der Waals surface area contributed by atoms with E-state index in [9.17, 15) is 0 Å². The quantitative estimate of drug-likeness (QED) is 0.933. The first-order chi connectivity index (χ1) is 9.49. The van der Waals surface area contributed by atoms with Crippen molar-refractivity contribution in [3.63, 3.8) is 0 Å². The molecule has 0 saturated heterocycles. The van der Waals surface area contributed by atoms with Crippen LogP contribution < -0.4 is 15.2 Å². The zero-order valence-electron chi connectivity index (χ0n) is 11.5. The minimum Gasteiger partial charge on any atom is -0.464 e. The van der Waals surface area contributed by atoms with Crippen molar-refractivity contribution in [1.29, 1.82) is 0 Å². The summed E-state index contributed by atoms with van der Waals surface area (Å²) in [7, 11) is 0. The number of hydrogen-bond acceptors (Lipinski definition) is 6.